The van der Waals surface area contributed by atoms with Gasteiger partial charge in [-0.25, -0.2) is 13.8 Å². The maximum Gasteiger partial charge on any atom is 0.280 e. The van der Waals surface area contributed by atoms with E-state index in [1.807, 2.05) is 22.6 Å². The van der Waals surface area contributed by atoms with Crippen molar-refractivity contribution in [3.05, 3.63) is 26.6 Å². The highest BCUT2D eigenvalue weighted by atomic mass is 127. The first-order chi connectivity index (χ1) is 6.60. The van der Waals surface area contributed by atoms with Gasteiger partial charge in [0.2, 0.25) is 0 Å². The van der Waals surface area contributed by atoms with Gasteiger partial charge in [-0.3, -0.25) is 0 Å². The van der Waals surface area contributed by atoms with E-state index < -0.39 is 18.7 Å². The van der Waals surface area contributed by atoms with Gasteiger partial charge in [0.1, 0.15) is 11.8 Å². The van der Waals surface area contributed by atoms with Crippen LogP contribution in [0.3, 0.4) is 0 Å². The first-order valence-electron chi connectivity index (χ1n) is 3.58. The molecule has 1 aromatic rings. The summed E-state index contributed by atoms with van der Waals surface area (Å²) in [5.74, 6) is 0. The van der Waals surface area contributed by atoms with Gasteiger partial charge in [-0.05, 0) is 28.7 Å². The van der Waals surface area contributed by atoms with E-state index in [9.17, 15) is 8.78 Å². The summed E-state index contributed by atoms with van der Waals surface area (Å²) in [4.78, 5) is 3.48. The van der Waals surface area contributed by atoms with Gasteiger partial charge in [-0.15, -0.1) is 0 Å². The van der Waals surface area contributed by atoms with E-state index in [1.54, 1.807) is 6.07 Å². The molecule has 1 rings (SSSR count). The van der Waals surface area contributed by atoms with Crippen molar-refractivity contribution < 1.29 is 13.9 Å². The van der Waals surface area contributed by atoms with Crippen LogP contribution in [0.2, 0.25) is 0 Å². The van der Waals surface area contributed by atoms with Crippen LogP contribution in [0.5, 0.6) is 0 Å². The molecule has 0 aromatic carbocycles. The molecule has 0 aliphatic heterocycles. The number of pyridine rings is 1. The number of nitrogens with zero attached hydrogens (tertiary/aromatic N) is 2. The topological polar surface area (TPSA) is 56.9 Å². The lowest BCUT2D eigenvalue weighted by Gasteiger charge is -2.06. The molecule has 0 unspecified atom stereocenters. The van der Waals surface area contributed by atoms with Crippen molar-refractivity contribution in [3.8, 4) is 6.07 Å². The van der Waals surface area contributed by atoms with Crippen LogP contribution in [-0.4, -0.2) is 10.1 Å². The molecule has 3 nitrogen and oxygen atoms in total. The van der Waals surface area contributed by atoms with E-state index in [0.717, 1.165) is 0 Å². The van der Waals surface area contributed by atoms with Crippen LogP contribution in [-0.2, 0) is 6.61 Å². The number of alkyl halides is 2. The third kappa shape index (κ3) is 2.16. The molecule has 0 radical (unpaired) electrons. The lowest BCUT2D eigenvalue weighted by molar-refractivity contribution is 0.141. The van der Waals surface area contributed by atoms with Crippen LogP contribution in [0.4, 0.5) is 8.78 Å². The average molecular weight is 310 g/mol. The molecular weight excluding hydrogens is 305 g/mol. The quantitative estimate of drug-likeness (QED) is 0.850. The fourth-order valence-corrected chi connectivity index (χ4v) is 1.55. The Morgan fingerprint density at radius 1 is 1.64 bits per heavy atom. The lowest BCUT2D eigenvalue weighted by Crippen LogP contribution is -2.02. The van der Waals surface area contributed by atoms with Crippen molar-refractivity contribution in [3.63, 3.8) is 0 Å². The van der Waals surface area contributed by atoms with Crippen molar-refractivity contribution in [2.75, 3.05) is 0 Å². The van der Waals surface area contributed by atoms with E-state index in [-0.39, 0.29) is 11.3 Å². The van der Waals surface area contributed by atoms with Crippen molar-refractivity contribution in [2.24, 2.45) is 0 Å². The minimum Gasteiger partial charge on any atom is -0.392 e. The highest BCUT2D eigenvalue weighted by molar-refractivity contribution is 14.1. The maximum absolute atomic E-state index is 12.4. The zero-order valence-corrected chi connectivity index (χ0v) is 8.99. The summed E-state index contributed by atoms with van der Waals surface area (Å²) >= 11 is 1.81. The molecule has 0 aliphatic rings. The summed E-state index contributed by atoms with van der Waals surface area (Å²) in [6.45, 7) is -0.506. The van der Waals surface area contributed by atoms with E-state index in [0.29, 0.717) is 3.57 Å². The molecule has 0 saturated heterocycles. The molecule has 0 aliphatic carbocycles. The fourth-order valence-electron chi connectivity index (χ4n) is 0.935. The highest BCUT2D eigenvalue weighted by Crippen LogP contribution is 2.23. The molecular formula is C8H5F2IN2O. The van der Waals surface area contributed by atoms with Gasteiger partial charge in [0.05, 0.1) is 6.61 Å². The number of nitriles is 1. The van der Waals surface area contributed by atoms with Gasteiger partial charge >= 0.3 is 0 Å². The van der Waals surface area contributed by atoms with Gasteiger partial charge in [-0.2, -0.15) is 5.26 Å². The standard InChI is InChI=1S/C8H5F2IN2O/c9-8(10)7-4(3-14)1-5(11)6(2-12)13-7/h1,8,14H,3H2. The zero-order chi connectivity index (χ0) is 10.7. The van der Waals surface area contributed by atoms with Crippen LogP contribution in [0.25, 0.3) is 0 Å². The van der Waals surface area contributed by atoms with Gasteiger partial charge in [-0.1, -0.05) is 0 Å². The van der Waals surface area contributed by atoms with Gasteiger partial charge in [0, 0.05) is 9.13 Å². The average Bonchev–Trinajstić information content (AvgIpc) is 2.16. The van der Waals surface area contributed by atoms with Crippen LogP contribution in [0, 0.1) is 14.9 Å². The van der Waals surface area contributed by atoms with Crippen molar-refractivity contribution >= 4 is 22.6 Å². The van der Waals surface area contributed by atoms with Crippen molar-refractivity contribution in [1.29, 1.82) is 5.26 Å². The number of aromatic nitrogens is 1. The van der Waals surface area contributed by atoms with Crippen LogP contribution in [0.1, 0.15) is 23.4 Å². The van der Waals surface area contributed by atoms with E-state index in [2.05, 4.69) is 4.98 Å². The smallest absolute Gasteiger partial charge is 0.280 e. The molecule has 1 aromatic heterocycles. The van der Waals surface area contributed by atoms with Gasteiger partial charge < -0.3 is 5.11 Å². The molecule has 14 heavy (non-hydrogen) atoms. The van der Waals surface area contributed by atoms with Crippen molar-refractivity contribution in [1.82, 2.24) is 4.98 Å². The van der Waals surface area contributed by atoms with Crippen LogP contribution >= 0.6 is 22.6 Å². The Kier molecular flexibility index (Phi) is 3.71. The second-order valence-electron chi connectivity index (χ2n) is 2.43. The Balaban J connectivity index is 3.34. The normalized spacial score (nSPS) is 10.3. The number of hydrogen-bond donors (Lipinski definition) is 1. The molecule has 0 atom stereocenters. The van der Waals surface area contributed by atoms with Gasteiger partial charge in [0.15, 0.2) is 5.69 Å². The molecule has 0 amide bonds. The van der Waals surface area contributed by atoms with Crippen LogP contribution in [0.15, 0.2) is 6.07 Å². The number of hydrogen-bond acceptors (Lipinski definition) is 3. The molecule has 1 heterocycles. The van der Waals surface area contributed by atoms with E-state index in [4.69, 9.17) is 10.4 Å². The van der Waals surface area contributed by atoms with E-state index >= 15 is 0 Å². The Bertz CT molecular complexity index is 390. The first kappa shape index (κ1) is 11.3. The molecule has 0 bridgehead atoms. The molecule has 0 saturated carbocycles. The molecule has 1 N–H and O–H groups in total. The minimum atomic E-state index is -2.78. The summed E-state index contributed by atoms with van der Waals surface area (Å²) in [6, 6.07) is 3.05. The monoisotopic (exact) mass is 310 g/mol. The lowest BCUT2D eigenvalue weighted by atomic mass is 10.2. The SMILES string of the molecule is N#Cc1nc(C(F)F)c(CO)cc1I. The maximum atomic E-state index is 12.4. The van der Waals surface area contributed by atoms with Crippen LogP contribution < -0.4 is 0 Å². The van der Waals surface area contributed by atoms with Crippen molar-refractivity contribution in [2.45, 2.75) is 13.0 Å². The molecule has 74 valence electrons. The summed E-state index contributed by atoms with van der Waals surface area (Å²) in [5, 5.41) is 17.4. The minimum absolute atomic E-state index is 0.0434. The second kappa shape index (κ2) is 4.61. The third-order valence-electron chi connectivity index (χ3n) is 1.57. The largest absolute Gasteiger partial charge is 0.392 e. The fraction of sp³-hybridized carbons (Fsp3) is 0.250. The Morgan fingerprint density at radius 2 is 2.29 bits per heavy atom. The molecule has 0 spiro atoms. The number of rotatable bonds is 2. The first-order valence-corrected chi connectivity index (χ1v) is 4.66. The number of aliphatic hydroxyl groups is 1. The summed E-state index contributed by atoms with van der Waals surface area (Å²) in [7, 11) is 0. The Hall–Kier alpha value is -0.810. The van der Waals surface area contributed by atoms with Gasteiger partial charge in [0.25, 0.3) is 6.43 Å². The van der Waals surface area contributed by atoms with E-state index in [1.165, 1.54) is 6.07 Å². The molecule has 6 heteroatoms. The predicted molar refractivity (Wildman–Crippen MR) is 52.5 cm³/mol. The highest BCUT2D eigenvalue weighted by Gasteiger charge is 2.17. The summed E-state index contributed by atoms with van der Waals surface area (Å²) in [5.41, 5.74) is -0.508. The Morgan fingerprint density at radius 3 is 2.71 bits per heavy atom. The summed E-state index contributed by atoms with van der Waals surface area (Å²) in [6.07, 6.45) is -2.78. The zero-order valence-electron chi connectivity index (χ0n) is 6.84. The predicted octanol–water partition coefficient (Wildman–Crippen LogP) is 1.99. The number of halogens is 3. The third-order valence-corrected chi connectivity index (χ3v) is 2.39. The second-order valence-corrected chi connectivity index (χ2v) is 3.60. The molecule has 0 fully saturated rings. The number of aliphatic hydroxyl groups excluding tert-OH is 1. The Labute approximate surface area is 92.5 Å². The summed E-state index contributed by atoms with van der Waals surface area (Å²) < 4.78 is 25.2.